The average molecular weight is 708 g/mol. The van der Waals surface area contributed by atoms with Crippen molar-refractivity contribution in [3.63, 3.8) is 0 Å². The average Bonchev–Trinajstić information content (AvgIpc) is 3.69. The van der Waals surface area contributed by atoms with Crippen LogP contribution in [0, 0.1) is 11.3 Å². The van der Waals surface area contributed by atoms with Gasteiger partial charge in [-0.3, -0.25) is 19.4 Å². The highest BCUT2D eigenvalue weighted by atomic mass is 35.5. The highest BCUT2D eigenvalue weighted by molar-refractivity contribution is 7.93. The Hall–Kier alpha value is -4.19. The second kappa shape index (κ2) is 14.0. The van der Waals surface area contributed by atoms with Gasteiger partial charge in [0, 0.05) is 62.5 Å². The molecule has 12 nitrogen and oxygen atoms in total. The molecule has 6 rings (SSSR count). The summed E-state index contributed by atoms with van der Waals surface area (Å²) in [5.74, 6) is -0.232. The van der Waals surface area contributed by atoms with Gasteiger partial charge in [0.05, 0.1) is 48.6 Å². The molecule has 3 aliphatic heterocycles. The van der Waals surface area contributed by atoms with Crippen molar-refractivity contribution in [1.29, 1.82) is 5.26 Å². The quantitative estimate of drug-likeness (QED) is 0.309. The first kappa shape index (κ1) is 34.7. The van der Waals surface area contributed by atoms with Gasteiger partial charge in [0.1, 0.15) is 18.1 Å². The number of fused-ring (bicyclic) bond motifs is 1. The van der Waals surface area contributed by atoms with E-state index in [1.54, 1.807) is 43.3 Å². The topological polar surface area (TPSA) is 133 Å². The predicted octanol–water partition coefficient (Wildman–Crippen LogP) is 3.46. The number of nitrogens with zero attached hydrogens (tertiary/aromatic N) is 5. The monoisotopic (exact) mass is 707 g/mol. The van der Waals surface area contributed by atoms with Gasteiger partial charge in [-0.15, -0.1) is 0 Å². The Labute approximate surface area is 291 Å². The summed E-state index contributed by atoms with van der Waals surface area (Å²) in [5.41, 5.74) is -0.799. The number of nitriles is 1. The SMILES string of the molecule is COc1cc(OCCN2CCOCC2)ccc1[C@]1(N2CCCC2C(=O)N(C)C)C(=O)N(S(=O)(=O)c2ccc(C#N)cc2)c2ccc(Cl)cc21. The fourth-order valence-corrected chi connectivity index (χ4v) is 8.62. The molecule has 2 atom stereocenters. The summed E-state index contributed by atoms with van der Waals surface area (Å²) < 4.78 is 47.2. The number of hydrogen-bond donors (Lipinski definition) is 0. The normalized spacial score (nSPS) is 21.3. The molecule has 49 heavy (non-hydrogen) atoms. The third-order valence-corrected chi connectivity index (χ3v) is 11.3. The lowest BCUT2D eigenvalue weighted by Crippen LogP contribution is -2.59. The number of morpholine rings is 1. The zero-order valence-corrected chi connectivity index (χ0v) is 29.2. The van der Waals surface area contributed by atoms with Crippen LogP contribution in [-0.4, -0.2) is 108 Å². The van der Waals surface area contributed by atoms with E-state index < -0.39 is 27.5 Å². The number of amides is 2. The Kier molecular flexibility index (Phi) is 9.88. The van der Waals surface area contributed by atoms with E-state index in [-0.39, 0.29) is 32.8 Å². The van der Waals surface area contributed by atoms with E-state index in [0.717, 1.165) is 17.4 Å². The third-order valence-electron chi connectivity index (χ3n) is 9.33. The summed E-state index contributed by atoms with van der Waals surface area (Å²) in [7, 11) is 0.252. The number of carbonyl (C=O) groups is 2. The zero-order chi connectivity index (χ0) is 34.9. The van der Waals surface area contributed by atoms with Crippen LogP contribution < -0.4 is 13.8 Å². The molecule has 0 radical (unpaired) electrons. The summed E-state index contributed by atoms with van der Waals surface area (Å²) in [6.45, 7) is 4.42. The number of anilines is 1. The molecule has 2 fully saturated rings. The largest absolute Gasteiger partial charge is 0.496 e. The van der Waals surface area contributed by atoms with Crippen molar-refractivity contribution < 1.29 is 32.2 Å². The molecule has 3 aliphatic rings. The summed E-state index contributed by atoms with van der Waals surface area (Å²) in [5, 5.41) is 9.58. The van der Waals surface area contributed by atoms with Crippen LogP contribution >= 0.6 is 11.6 Å². The van der Waals surface area contributed by atoms with E-state index in [1.807, 2.05) is 6.07 Å². The molecular weight excluding hydrogens is 670 g/mol. The molecule has 0 bridgehead atoms. The van der Waals surface area contributed by atoms with Crippen molar-refractivity contribution in [2.75, 3.05) is 71.5 Å². The molecule has 3 aromatic rings. The molecule has 2 amide bonds. The van der Waals surface area contributed by atoms with Gasteiger partial charge in [-0.1, -0.05) is 11.6 Å². The summed E-state index contributed by atoms with van der Waals surface area (Å²) in [6, 6.07) is 16.3. The maximum absolute atomic E-state index is 15.3. The van der Waals surface area contributed by atoms with E-state index in [9.17, 15) is 18.5 Å². The van der Waals surface area contributed by atoms with Crippen molar-refractivity contribution in [3.05, 3.63) is 82.4 Å². The molecule has 2 saturated heterocycles. The minimum absolute atomic E-state index is 0.106. The number of methoxy groups -OCH3 is 1. The first-order valence-corrected chi connectivity index (χ1v) is 17.8. The van der Waals surface area contributed by atoms with Crippen molar-refractivity contribution in [2.45, 2.75) is 29.3 Å². The smallest absolute Gasteiger partial charge is 0.271 e. The van der Waals surface area contributed by atoms with Crippen molar-refractivity contribution in [1.82, 2.24) is 14.7 Å². The molecule has 0 aromatic heterocycles. The van der Waals surface area contributed by atoms with Gasteiger partial charge in [0.2, 0.25) is 5.91 Å². The van der Waals surface area contributed by atoms with E-state index in [4.69, 9.17) is 25.8 Å². The van der Waals surface area contributed by atoms with Crippen molar-refractivity contribution >= 4 is 39.1 Å². The molecule has 1 unspecified atom stereocenters. The number of halogens is 1. The van der Waals surface area contributed by atoms with Crippen LogP contribution in [0.5, 0.6) is 11.5 Å². The van der Waals surface area contributed by atoms with Gasteiger partial charge in [-0.25, -0.2) is 12.7 Å². The molecule has 0 N–H and O–H groups in total. The second-order valence-electron chi connectivity index (χ2n) is 12.3. The van der Waals surface area contributed by atoms with Gasteiger partial charge in [0.25, 0.3) is 15.9 Å². The van der Waals surface area contributed by atoms with E-state index >= 15 is 4.79 Å². The molecule has 258 valence electrons. The molecule has 3 heterocycles. The maximum Gasteiger partial charge on any atom is 0.271 e. The highest BCUT2D eigenvalue weighted by Gasteiger charge is 2.63. The minimum atomic E-state index is -4.52. The number of hydrogen-bond acceptors (Lipinski definition) is 10. The molecule has 0 aliphatic carbocycles. The van der Waals surface area contributed by atoms with Crippen LogP contribution in [0.4, 0.5) is 5.69 Å². The molecular formula is C35H38ClN5O7S. The maximum atomic E-state index is 15.3. The highest BCUT2D eigenvalue weighted by Crippen LogP contribution is 2.55. The van der Waals surface area contributed by atoms with Crippen LogP contribution in [0.2, 0.25) is 5.02 Å². The Bertz CT molecular complexity index is 1890. The van der Waals surface area contributed by atoms with Gasteiger partial charge in [-0.05, 0) is 67.4 Å². The molecule has 14 heteroatoms. The van der Waals surface area contributed by atoms with Crippen LogP contribution in [0.3, 0.4) is 0 Å². The first-order valence-electron chi connectivity index (χ1n) is 16.0. The Balaban J connectivity index is 1.52. The van der Waals surface area contributed by atoms with Crippen LogP contribution in [0.25, 0.3) is 0 Å². The summed E-state index contributed by atoms with van der Waals surface area (Å²) >= 11 is 6.61. The van der Waals surface area contributed by atoms with Crippen LogP contribution in [0.1, 0.15) is 29.5 Å². The number of likely N-dealkylation sites (tertiary alicyclic amines) is 1. The summed E-state index contributed by atoms with van der Waals surface area (Å²) in [6.07, 6.45) is 1.04. The fourth-order valence-electron chi connectivity index (χ4n) is 6.99. The number of sulfonamides is 1. The van der Waals surface area contributed by atoms with Crippen LogP contribution in [0.15, 0.2) is 65.6 Å². The fraction of sp³-hybridized carbons (Fsp3) is 0.400. The standard InChI is InChI=1S/C35H38ClN5O7S/c1-38(2)33(42)31-5-4-14-40(31)35(28-12-9-26(22-32(28)46-3)48-20-17-39-15-18-47-19-16-39)29-21-25(36)8-13-30(29)41(34(35)43)49(44,45)27-10-6-24(23-37)7-11-27/h6-13,21-22,31H,4-5,14-20H2,1-3H3/t31?,35-/m1/s1. The van der Waals surface area contributed by atoms with Crippen molar-refractivity contribution in [3.8, 4) is 17.6 Å². The first-order chi connectivity index (χ1) is 23.5. The van der Waals surface area contributed by atoms with Gasteiger partial charge in [-0.2, -0.15) is 5.26 Å². The van der Waals surface area contributed by atoms with Gasteiger partial charge < -0.3 is 19.1 Å². The van der Waals surface area contributed by atoms with Gasteiger partial charge in [0.15, 0.2) is 5.54 Å². The number of carbonyl (C=O) groups excluding carboxylic acids is 2. The lowest BCUT2D eigenvalue weighted by Gasteiger charge is -2.42. The lowest BCUT2D eigenvalue weighted by molar-refractivity contribution is -0.138. The van der Waals surface area contributed by atoms with E-state index in [2.05, 4.69) is 4.90 Å². The van der Waals surface area contributed by atoms with E-state index in [0.29, 0.717) is 62.6 Å². The molecule has 0 saturated carbocycles. The van der Waals surface area contributed by atoms with Crippen molar-refractivity contribution in [2.24, 2.45) is 0 Å². The van der Waals surface area contributed by atoms with Crippen LogP contribution in [-0.2, 0) is 29.9 Å². The molecule has 3 aromatic carbocycles. The molecule has 0 spiro atoms. The zero-order valence-electron chi connectivity index (χ0n) is 27.6. The number of ether oxygens (including phenoxy) is 3. The Morgan fingerprint density at radius 1 is 1.06 bits per heavy atom. The number of rotatable bonds is 10. The minimum Gasteiger partial charge on any atom is -0.496 e. The lowest BCUT2D eigenvalue weighted by atomic mass is 9.80. The Morgan fingerprint density at radius 3 is 2.47 bits per heavy atom. The Morgan fingerprint density at radius 2 is 1.80 bits per heavy atom. The predicted molar refractivity (Wildman–Crippen MR) is 182 cm³/mol. The number of likely N-dealkylation sites (N-methyl/N-ethyl adjacent to an activating group) is 1. The summed E-state index contributed by atoms with van der Waals surface area (Å²) in [4.78, 5) is 34.4. The van der Waals surface area contributed by atoms with E-state index in [1.165, 1.54) is 48.4 Å². The third kappa shape index (κ3) is 6.13. The second-order valence-corrected chi connectivity index (χ2v) is 14.6. The number of benzene rings is 3. The van der Waals surface area contributed by atoms with Gasteiger partial charge >= 0.3 is 0 Å².